The van der Waals surface area contributed by atoms with E-state index in [0.29, 0.717) is 17.7 Å². The van der Waals surface area contributed by atoms with Gasteiger partial charge in [-0.1, -0.05) is 18.2 Å². The van der Waals surface area contributed by atoms with E-state index in [2.05, 4.69) is 12.2 Å². The third-order valence-electron chi connectivity index (χ3n) is 5.73. The number of carbonyl (C=O) groups excluding carboxylic acids is 2. The predicted octanol–water partition coefficient (Wildman–Crippen LogP) is 3.95. The summed E-state index contributed by atoms with van der Waals surface area (Å²) in [4.78, 5) is 27.4. The Morgan fingerprint density at radius 2 is 1.96 bits per heavy atom. The fourth-order valence-corrected chi connectivity index (χ4v) is 4.04. The van der Waals surface area contributed by atoms with E-state index in [0.717, 1.165) is 36.3 Å². The maximum absolute atomic E-state index is 12.8. The zero-order chi connectivity index (χ0) is 19.7. The van der Waals surface area contributed by atoms with E-state index in [1.54, 1.807) is 6.07 Å². The SMILES string of the molecule is Cc1cc(C(=O)N2CCCCC2C)ccc1NC(=O)C1Cc2ccccc2O1. The van der Waals surface area contributed by atoms with Crippen LogP contribution in [0.5, 0.6) is 5.75 Å². The van der Waals surface area contributed by atoms with Gasteiger partial charge in [0.1, 0.15) is 5.75 Å². The largest absolute Gasteiger partial charge is 0.480 e. The normalized spacial score (nSPS) is 21.0. The molecule has 5 nitrogen and oxygen atoms in total. The van der Waals surface area contributed by atoms with E-state index in [1.165, 1.54) is 6.42 Å². The highest BCUT2D eigenvalue weighted by Gasteiger charge is 2.29. The van der Waals surface area contributed by atoms with Gasteiger partial charge in [-0.15, -0.1) is 0 Å². The van der Waals surface area contributed by atoms with Crippen molar-refractivity contribution in [2.75, 3.05) is 11.9 Å². The lowest BCUT2D eigenvalue weighted by Gasteiger charge is -2.33. The molecule has 0 saturated carbocycles. The van der Waals surface area contributed by atoms with E-state index >= 15 is 0 Å². The molecular formula is C23H26N2O3. The molecule has 0 aliphatic carbocycles. The second kappa shape index (κ2) is 7.66. The summed E-state index contributed by atoms with van der Waals surface area (Å²) in [5.74, 6) is 0.682. The van der Waals surface area contributed by atoms with E-state index < -0.39 is 6.10 Å². The van der Waals surface area contributed by atoms with Crippen LogP contribution in [-0.4, -0.2) is 35.4 Å². The van der Waals surface area contributed by atoms with Crippen molar-refractivity contribution >= 4 is 17.5 Å². The fourth-order valence-electron chi connectivity index (χ4n) is 4.04. The summed E-state index contributed by atoms with van der Waals surface area (Å²) >= 11 is 0. The quantitative estimate of drug-likeness (QED) is 0.880. The van der Waals surface area contributed by atoms with Crippen molar-refractivity contribution in [3.8, 4) is 5.75 Å². The lowest BCUT2D eigenvalue weighted by Crippen LogP contribution is -2.42. The zero-order valence-electron chi connectivity index (χ0n) is 16.4. The summed E-state index contributed by atoms with van der Waals surface area (Å²) in [5, 5.41) is 2.95. The summed E-state index contributed by atoms with van der Waals surface area (Å²) < 4.78 is 5.76. The van der Waals surface area contributed by atoms with Gasteiger partial charge in [0.15, 0.2) is 6.10 Å². The average molecular weight is 378 g/mol. The number of aryl methyl sites for hydroxylation is 1. The standard InChI is InChI=1S/C23H26N2O3/c1-15-13-18(23(27)25-12-6-5-7-16(25)2)10-11-19(15)24-22(26)21-14-17-8-3-4-9-20(17)28-21/h3-4,8-11,13,16,21H,5-7,12,14H2,1-2H3,(H,24,26). The number of anilines is 1. The van der Waals surface area contributed by atoms with Gasteiger partial charge in [-0.25, -0.2) is 0 Å². The van der Waals surface area contributed by atoms with E-state index in [9.17, 15) is 9.59 Å². The Bertz CT molecular complexity index is 883. The first-order valence-corrected chi connectivity index (χ1v) is 10.00. The van der Waals surface area contributed by atoms with Crippen molar-refractivity contribution in [2.24, 2.45) is 0 Å². The second-order valence-electron chi connectivity index (χ2n) is 7.78. The molecule has 2 unspecified atom stereocenters. The van der Waals surface area contributed by atoms with Crippen LogP contribution in [0.2, 0.25) is 0 Å². The van der Waals surface area contributed by atoms with Crippen LogP contribution in [0.3, 0.4) is 0 Å². The number of benzene rings is 2. The van der Waals surface area contributed by atoms with Crippen LogP contribution < -0.4 is 10.1 Å². The average Bonchev–Trinajstić information content (AvgIpc) is 3.14. The summed E-state index contributed by atoms with van der Waals surface area (Å²) in [7, 11) is 0. The van der Waals surface area contributed by atoms with Crippen LogP contribution >= 0.6 is 0 Å². The Hall–Kier alpha value is -2.82. The van der Waals surface area contributed by atoms with Crippen molar-refractivity contribution in [1.29, 1.82) is 0 Å². The second-order valence-corrected chi connectivity index (χ2v) is 7.78. The van der Waals surface area contributed by atoms with Gasteiger partial charge in [-0.2, -0.15) is 0 Å². The van der Waals surface area contributed by atoms with Crippen LogP contribution in [0.15, 0.2) is 42.5 Å². The van der Waals surface area contributed by atoms with Crippen LogP contribution in [0.1, 0.15) is 47.7 Å². The van der Waals surface area contributed by atoms with Gasteiger partial charge in [0, 0.05) is 30.3 Å². The van der Waals surface area contributed by atoms with Crippen LogP contribution in [0, 0.1) is 6.92 Å². The number of hydrogen-bond donors (Lipinski definition) is 1. The molecule has 0 bridgehead atoms. The number of ether oxygens (including phenoxy) is 1. The first-order valence-electron chi connectivity index (χ1n) is 10.00. The van der Waals surface area contributed by atoms with Gasteiger partial charge in [-0.05, 0) is 68.5 Å². The Morgan fingerprint density at radius 1 is 1.14 bits per heavy atom. The molecule has 2 aromatic carbocycles. The number of rotatable bonds is 3. The topological polar surface area (TPSA) is 58.6 Å². The molecule has 1 N–H and O–H groups in total. The maximum Gasteiger partial charge on any atom is 0.265 e. The van der Waals surface area contributed by atoms with Crippen molar-refractivity contribution in [3.05, 3.63) is 59.2 Å². The summed E-state index contributed by atoms with van der Waals surface area (Å²) in [6.45, 7) is 4.84. The van der Waals surface area contributed by atoms with E-state index in [4.69, 9.17) is 4.74 Å². The fraction of sp³-hybridized carbons (Fsp3) is 0.391. The molecule has 0 aromatic heterocycles. The number of carbonyl (C=O) groups is 2. The number of hydrogen-bond acceptors (Lipinski definition) is 3. The first-order chi connectivity index (χ1) is 13.5. The van der Waals surface area contributed by atoms with Crippen molar-refractivity contribution in [1.82, 2.24) is 4.90 Å². The number of piperidine rings is 1. The zero-order valence-corrected chi connectivity index (χ0v) is 16.4. The summed E-state index contributed by atoms with van der Waals surface area (Å²) in [6, 6.07) is 13.5. The number of para-hydroxylation sites is 1. The first kappa shape index (κ1) is 18.5. The van der Waals surface area contributed by atoms with Crippen molar-refractivity contribution < 1.29 is 14.3 Å². The van der Waals surface area contributed by atoms with E-state index in [-0.39, 0.29) is 17.9 Å². The Balaban J connectivity index is 1.43. The maximum atomic E-state index is 12.8. The predicted molar refractivity (Wildman–Crippen MR) is 109 cm³/mol. The molecule has 0 spiro atoms. The molecule has 2 atom stereocenters. The highest BCUT2D eigenvalue weighted by Crippen LogP contribution is 2.29. The highest BCUT2D eigenvalue weighted by atomic mass is 16.5. The Kier molecular flexibility index (Phi) is 5.07. The molecule has 4 rings (SSSR count). The molecule has 2 aliphatic rings. The summed E-state index contributed by atoms with van der Waals surface area (Å²) in [5.41, 5.74) is 3.32. The molecule has 2 aromatic rings. The van der Waals surface area contributed by atoms with Crippen molar-refractivity contribution in [3.63, 3.8) is 0 Å². The van der Waals surface area contributed by atoms with Gasteiger partial charge >= 0.3 is 0 Å². The monoisotopic (exact) mass is 378 g/mol. The molecule has 2 amide bonds. The van der Waals surface area contributed by atoms with Crippen LogP contribution in [0.25, 0.3) is 0 Å². The minimum absolute atomic E-state index is 0.0720. The number of amides is 2. The lowest BCUT2D eigenvalue weighted by atomic mass is 10.0. The summed E-state index contributed by atoms with van der Waals surface area (Å²) in [6.07, 6.45) is 3.36. The third-order valence-corrected chi connectivity index (χ3v) is 5.73. The molecule has 1 fully saturated rings. The van der Waals surface area contributed by atoms with Gasteiger partial charge in [0.25, 0.3) is 11.8 Å². The molecule has 2 aliphatic heterocycles. The van der Waals surface area contributed by atoms with Gasteiger partial charge < -0.3 is 15.0 Å². The van der Waals surface area contributed by atoms with Gasteiger partial charge in [0.05, 0.1) is 0 Å². The molecule has 1 saturated heterocycles. The number of nitrogens with one attached hydrogen (secondary N) is 1. The minimum atomic E-state index is -0.521. The molecule has 2 heterocycles. The van der Waals surface area contributed by atoms with E-state index in [1.807, 2.05) is 48.2 Å². The van der Waals surface area contributed by atoms with Crippen LogP contribution in [0.4, 0.5) is 5.69 Å². The van der Waals surface area contributed by atoms with Crippen LogP contribution in [-0.2, 0) is 11.2 Å². The Labute approximate surface area is 165 Å². The molecule has 28 heavy (non-hydrogen) atoms. The van der Waals surface area contributed by atoms with Gasteiger partial charge in [-0.3, -0.25) is 9.59 Å². The molecular weight excluding hydrogens is 352 g/mol. The molecule has 5 heteroatoms. The smallest absolute Gasteiger partial charge is 0.265 e. The number of fused-ring (bicyclic) bond motifs is 1. The molecule has 0 radical (unpaired) electrons. The molecule has 146 valence electrons. The number of likely N-dealkylation sites (tertiary alicyclic amines) is 1. The highest BCUT2D eigenvalue weighted by molar-refractivity contribution is 5.98. The van der Waals surface area contributed by atoms with Gasteiger partial charge in [0.2, 0.25) is 0 Å². The lowest BCUT2D eigenvalue weighted by molar-refractivity contribution is -0.122. The van der Waals surface area contributed by atoms with Crippen molar-refractivity contribution in [2.45, 2.75) is 51.7 Å². The Morgan fingerprint density at radius 3 is 2.71 bits per heavy atom. The minimum Gasteiger partial charge on any atom is -0.480 e. The third kappa shape index (κ3) is 3.61. The number of nitrogens with zero attached hydrogens (tertiary/aromatic N) is 1.